The van der Waals surface area contributed by atoms with E-state index in [4.69, 9.17) is 16.3 Å². The summed E-state index contributed by atoms with van der Waals surface area (Å²) in [6.07, 6.45) is 2.76. The van der Waals surface area contributed by atoms with Gasteiger partial charge in [-0.25, -0.2) is 4.99 Å². The number of hydrogen-bond donors (Lipinski definition) is 2. The summed E-state index contributed by atoms with van der Waals surface area (Å²) in [4.78, 5) is 3.67. The number of allylic oxidation sites excluding steroid dienone is 2. The average Bonchev–Trinajstić information content (AvgIpc) is 2.44. The summed E-state index contributed by atoms with van der Waals surface area (Å²) < 4.78 is 0.981. The molecule has 0 saturated carbocycles. The lowest BCUT2D eigenvalue weighted by Gasteiger charge is -1.93. The van der Waals surface area contributed by atoms with E-state index in [-0.39, 0.29) is 11.4 Å². The maximum atomic E-state index is 8.66. The zero-order chi connectivity index (χ0) is 14.1. The first kappa shape index (κ1) is 14.4. The molecule has 3 N–H and O–H groups in total. The Hall–Kier alpha value is -2.64. The van der Waals surface area contributed by atoms with Gasteiger partial charge in [0.1, 0.15) is 24.2 Å². The molecule has 0 aliphatic carbocycles. The van der Waals surface area contributed by atoms with Gasteiger partial charge < -0.3 is 5.73 Å². The number of nitrogens with one attached hydrogen (secondary N) is 1. The Labute approximate surface area is 118 Å². The molecule has 0 spiro atoms. The maximum Gasteiger partial charge on any atom is 0.175 e. The van der Waals surface area contributed by atoms with Crippen molar-refractivity contribution in [2.75, 3.05) is 0 Å². The Morgan fingerprint density at radius 3 is 2.53 bits per heavy atom. The fourth-order valence-electron chi connectivity index (χ4n) is 0.999. The van der Waals surface area contributed by atoms with Crippen molar-refractivity contribution in [2.45, 2.75) is 0 Å². The molecule has 7 heteroatoms. The second-order valence-corrected chi connectivity index (χ2v) is 4.10. The minimum atomic E-state index is -0.238. The Balaban J connectivity index is 2.58. The fourth-order valence-corrected chi connectivity index (χ4v) is 1.26. The summed E-state index contributed by atoms with van der Waals surface area (Å²) in [5, 5.41) is 21.0. The van der Waals surface area contributed by atoms with Crippen LogP contribution in [0.25, 0.3) is 0 Å². The van der Waals surface area contributed by atoms with Crippen molar-refractivity contribution in [2.24, 2.45) is 15.8 Å². The zero-order valence-corrected chi connectivity index (χ0v) is 11.3. The molecule has 0 radical (unpaired) electrons. The molecule has 94 valence electrons. The van der Waals surface area contributed by atoms with Crippen molar-refractivity contribution in [1.82, 2.24) is 5.43 Å². The van der Waals surface area contributed by atoms with Crippen LogP contribution in [0.15, 0.2) is 50.2 Å². The van der Waals surface area contributed by atoms with Crippen LogP contribution >= 0.6 is 15.9 Å². The summed E-state index contributed by atoms with van der Waals surface area (Å²) in [7, 11) is 0. The lowest BCUT2D eigenvalue weighted by Crippen LogP contribution is -2.04. The first-order chi connectivity index (χ1) is 9.17. The lowest BCUT2D eigenvalue weighted by atomic mass is 10.2. The molecular weight excluding hydrogens is 308 g/mol. The number of halogens is 1. The summed E-state index contributed by atoms with van der Waals surface area (Å²) in [6.45, 7) is 0. The van der Waals surface area contributed by atoms with Crippen molar-refractivity contribution in [3.8, 4) is 12.1 Å². The molecule has 1 aromatic carbocycles. The normalized spacial score (nSPS) is 11.9. The van der Waals surface area contributed by atoms with E-state index in [1.54, 1.807) is 18.4 Å². The van der Waals surface area contributed by atoms with Crippen molar-refractivity contribution in [3.63, 3.8) is 0 Å². The third-order valence-corrected chi connectivity index (χ3v) is 2.42. The summed E-state index contributed by atoms with van der Waals surface area (Å²) in [5.41, 5.74) is 8.27. The molecule has 0 aliphatic rings. The molecule has 1 rings (SSSR count). The highest BCUT2D eigenvalue weighted by atomic mass is 79.9. The van der Waals surface area contributed by atoms with Crippen molar-refractivity contribution in [3.05, 3.63) is 45.7 Å². The van der Waals surface area contributed by atoms with Gasteiger partial charge in [0, 0.05) is 4.47 Å². The minimum Gasteiger partial charge on any atom is -0.388 e. The number of nitriles is 2. The van der Waals surface area contributed by atoms with Crippen LogP contribution in [0.2, 0.25) is 0 Å². The Kier molecular flexibility index (Phi) is 5.80. The summed E-state index contributed by atoms with van der Waals surface area (Å²) in [6, 6.07) is 10.9. The van der Waals surface area contributed by atoms with Crippen molar-refractivity contribution >= 4 is 28.5 Å². The number of benzene rings is 1. The van der Waals surface area contributed by atoms with E-state index in [0.717, 1.165) is 10.0 Å². The van der Waals surface area contributed by atoms with E-state index >= 15 is 0 Å². The Bertz CT molecular complexity index is 601. The summed E-state index contributed by atoms with van der Waals surface area (Å²) in [5.74, 6) is 0. The molecule has 0 amide bonds. The predicted molar refractivity (Wildman–Crippen MR) is 75.8 cm³/mol. The van der Waals surface area contributed by atoms with Crippen molar-refractivity contribution < 1.29 is 0 Å². The van der Waals surface area contributed by atoms with Gasteiger partial charge in [-0.05, 0) is 17.7 Å². The van der Waals surface area contributed by atoms with Gasteiger partial charge in [-0.2, -0.15) is 15.6 Å². The van der Waals surface area contributed by atoms with Gasteiger partial charge in [-0.15, -0.1) is 0 Å². The van der Waals surface area contributed by atoms with E-state index in [2.05, 4.69) is 31.4 Å². The van der Waals surface area contributed by atoms with Crippen LogP contribution < -0.4 is 11.2 Å². The molecule has 0 aliphatic heterocycles. The Morgan fingerprint density at radius 2 is 1.95 bits per heavy atom. The summed E-state index contributed by atoms with van der Waals surface area (Å²) >= 11 is 3.33. The number of rotatable bonds is 4. The van der Waals surface area contributed by atoms with E-state index in [0.29, 0.717) is 0 Å². The third-order valence-electron chi connectivity index (χ3n) is 1.89. The number of nitrogens with zero attached hydrogens (tertiary/aromatic N) is 4. The van der Waals surface area contributed by atoms with Gasteiger partial charge in [-0.3, -0.25) is 5.43 Å². The molecule has 0 fully saturated rings. The first-order valence-electron chi connectivity index (χ1n) is 5.04. The molecule has 0 heterocycles. The highest BCUT2D eigenvalue weighted by Crippen LogP contribution is 2.08. The van der Waals surface area contributed by atoms with E-state index < -0.39 is 0 Å². The smallest absolute Gasteiger partial charge is 0.175 e. The zero-order valence-electron chi connectivity index (χ0n) is 9.71. The highest BCUT2D eigenvalue weighted by molar-refractivity contribution is 9.10. The lowest BCUT2D eigenvalue weighted by molar-refractivity contribution is 1.05. The molecule has 1 aromatic rings. The molecule has 0 bridgehead atoms. The van der Waals surface area contributed by atoms with Gasteiger partial charge in [0.2, 0.25) is 0 Å². The van der Waals surface area contributed by atoms with Crippen LogP contribution in [0, 0.1) is 22.7 Å². The monoisotopic (exact) mass is 316 g/mol. The molecule has 0 saturated heterocycles. The van der Waals surface area contributed by atoms with Gasteiger partial charge in [0.15, 0.2) is 5.70 Å². The fraction of sp³-hybridized carbons (Fsp3) is 0. The van der Waals surface area contributed by atoms with E-state index in [9.17, 15) is 0 Å². The van der Waals surface area contributed by atoms with Crippen LogP contribution in [-0.4, -0.2) is 12.6 Å². The van der Waals surface area contributed by atoms with Gasteiger partial charge in [-0.1, -0.05) is 28.1 Å². The molecule has 0 unspecified atom stereocenters. The molecule has 6 nitrogen and oxygen atoms in total. The third kappa shape index (κ3) is 5.02. The minimum absolute atomic E-state index is 0.158. The van der Waals surface area contributed by atoms with E-state index in [1.165, 1.54) is 6.34 Å². The SMILES string of the molecule is N#C/C(N)=C(\C#N)N=CN/N=C/c1ccc(Br)cc1. The number of hydrazone groups is 1. The topological polar surface area (TPSA) is 110 Å². The largest absolute Gasteiger partial charge is 0.388 e. The molecule has 0 atom stereocenters. The van der Waals surface area contributed by atoms with Crippen LogP contribution in [0.3, 0.4) is 0 Å². The molecule has 0 aromatic heterocycles. The van der Waals surface area contributed by atoms with Crippen LogP contribution in [0.1, 0.15) is 5.56 Å². The number of nitrogens with two attached hydrogens (primary N) is 1. The van der Waals surface area contributed by atoms with Gasteiger partial charge in [0.05, 0.1) is 6.21 Å². The van der Waals surface area contributed by atoms with Crippen LogP contribution in [0.5, 0.6) is 0 Å². The second kappa shape index (κ2) is 7.64. The Morgan fingerprint density at radius 1 is 1.26 bits per heavy atom. The highest BCUT2D eigenvalue weighted by Gasteiger charge is 1.97. The average molecular weight is 317 g/mol. The van der Waals surface area contributed by atoms with Crippen molar-refractivity contribution in [1.29, 1.82) is 10.5 Å². The van der Waals surface area contributed by atoms with Crippen LogP contribution in [-0.2, 0) is 0 Å². The number of aliphatic imine (C=N–C) groups is 1. The second-order valence-electron chi connectivity index (χ2n) is 3.18. The quantitative estimate of drug-likeness (QED) is 0.380. The molecule has 19 heavy (non-hydrogen) atoms. The first-order valence-corrected chi connectivity index (χ1v) is 5.83. The standard InChI is InChI=1S/C12H9BrN6/c13-10-3-1-9(2-4-10)7-18-19-8-17-12(6-15)11(16)5-14/h1-4,7-8H,16H2,(H,17,19)/b12-11-,18-7+. The van der Waals surface area contributed by atoms with Gasteiger partial charge in [0.25, 0.3) is 0 Å². The predicted octanol–water partition coefficient (Wildman–Crippen LogP) is 1.62. The van der Waals surface area contributed by atoms with Gasteiger partial charge >= 0.3 is 0 Å². The maximum absolute atomic E-state index is 8.66. The van der Waals surface area contributed by atoms with Crippen LogP contribution in [0.4, 0.5) is 0 Å². The van der Waals surface area contributed by atoms with E-state index in [1.807, 2.05) is 24.3 Å². The number of hydrogen-bond acceptors (Lipinski definition) is 5. The molecular formula is C12H9BrN6.